The van der Waals surface area contributed by atoms with Crippen LogP contribution in [0.4, 0.5) is 5.69 Å². The summed E-state index contributed by atoms with van der Waals surface area (Å²) in [5, 5.41) is 7.14. The average molecular weight is 358 g/mol. The maximum absolute atomic E-state index is 13.1. The van der Waals surface area contributed by atoms with Crippen LogP contribution in [0.25, 0.3) is 0 Å². The van der Waals surface area contributed by atoms with Crippen molar-refractivity contribution in [3.63, 3.8) is 0 Å². The van der Waals surface area contributed by atoms with Crippen LogP contribution in [0.2, 0.25) is 5.02 Å². The molecule has 1 fully saturated rings. The Morgan fingerprint density at radius 2 is 1.80 bits per heavy atom. The molecule has 1 aliphatic heterocycles. The Balaban J connectivity index is 1.73. The molecule has 0 aliphatic carbocycles. The van der Waals surface area contributed by atoms with E-state index in [4.69, 9.17) is 17.3 Å². The first kappa shape index (κ1) is 17.8. The van der Waals surface area contributed by atoms with E-state index in [0.29, 0.717) is 11.6 Å². The zero-order valence-electron chi connectivity index (χ0n) is 14.2. The molecule has 0 atom stereocenters. The van der Waals surface area contributed by atoms with Crippen LogP contribution in [-0.2, 0) is 17.8 Å². The van der Waals surface area contributed by atoms with Gasteiger partial charge in [0.15, 0.2) is 0 Å². The standard InChI is InChI=1S/C20H24ClN3O/c21-18-4-2-1-3-16(18)14-24-19(25)20(9-11-23-12-10-20)13-15-5-7-17(22)8-6-15/h1-8,23H,9-14,22H2,(H,24,25). The molecule has 25 heavy (non-hydrogen) atoms. The van der Waals surface area contributed by atoms with Crippen LogP contribution in [0, 0.1) is 5.41 Å². The summed E-state index contributed by atoms with van der Waals surface area (Å²) in [4.78, 5) is 13.1. The molecule has 4 N–H and O–H groups in total. The molecule has 0 saturated carbocycles. The van der Waals surface area contributed by atoms with Crippen LogP contribution in [0.15, 0.2) is 48.5 Å². The van der Waals surface area contributed by atoms with Crippen LogP contribution in [0.1, 0.15) is 24.0 Å². The van der Waals surface area contributed by atoms with Crippen molar-refractivity contribution < 1.29 is 4.79 Å². The van der Waals surface area contributed by atoms with Gasteiger partial charge in [-0.1, -0.05) is 41.9 Å². The summed E-state index contributed by atoms with van der Waals surface area (Å²) in [6.07, 6.45) is 2.38. The van der Waals surface area contributed by atoms with Gasteiger partial charge in [0.05, 0.1) is 5.41 Å². The first-order valence-corrected chi connectivity index (χ1v) is 9.04. The lowest BCUT2D eigenvalue weighted by atomic mass is 9.73. The number of anilines is 1. The zero-order valence-corrected chi connectivity index (χ0v) is 15.0. The van der Waals surface area contributed by atoms with Gasteiger partial charge in [-0.2, -0.15) is 0 Å². The first-order valence-electron chi connectivity index (χ1n) is 8.66. The molecule has 3 rings (SSSR count). The van der Waals surface area contributed by atoms with Gasteiger partial charge in [-0.15, -0.1) is 0 Å². The zero-order chi connectivity index (χ0) is 17.7. The number of piperidine rings is 1. The van der Waals surface area contributed by atoms with Crippen LogP contribution >= 0.6 is 11.6 Å². The Labute approximate surface area is 153 Å². The van der Waals surface area contributed by atoms with Crippen molar-refractivity contribution in [2.75, 3.05) is 18.8 Å². The minimum absolute atomic E-state index is 0.103. The quantitative estimate of drug-likeness (QED) is 0.720. The molecule has 5 heteroatoms. The van der Waals surface area contributed by atoms with Crippen LogP contribution in [0.5, 0.6) is 0 Å². The number of carbonyl (C=O) groups excluding carboxylic acids is 1. The largest absolute Gasteiger partial charge is 0.399 e. The van der Waals surface area contributed by atoms with Gasteiger partial charge >= 0.3 is 0 Å². The van der Waals surface area contributed by atoms with Gasteiger partial charge in [0.1, 0.15) is 0 Å². The third-order valence-corrected chi connectivity index (χ3v) is 5.33. The summed E-state index contributed by atoms with van der Waals surface area (Å²) in [7, 11) is 0. The summed E-state index contributed by atoms with van der Waals surface area (Å²) >= 11 is 6.20. The lowest BCUT2D eigenvalue weighted by Gasteiger charge is -2.36. The maximum Gasteiger partial charge on any atom is 0.226 e. The van der Waals surface area contributed by atoms with Crippen molar-refractivity contribution in [3.05, 3.63) is 64.7 Å². The fraction of sp³-hybridized carbons (Fsp3) is 0.350. The number of carbonyl (C=O) groups is 1. The van der Waals surface area contributed by atoms with E-state index in [-0.39, 0.29) is 11.3 Å². The van der Waals surface area contributed by atoms with E-state index in [2.05, 4.69) is 10.6 Å². The Morgan fingerprint density at radius 1 is 1.12 bits per heavy atom. The minimum atomic E-state index is -0.386. The smallest absolute Gasteiger partial charge is 0.226 e. The highest BCUT2D eigenvalue weighted by Crippen LogP contribution is 2.34. The maximum atomic E-state index is 13.1. The Bertz CT molecular complexity index is 724. The second-order valence-electron chi connectivity index (χ2n) is 6.72. The number of benzene rings is 2. The topological polar surface area (TPSA) is 67.2 Å². The van der Waals surface area contributed by atoms with E-state index < -0.39 is 0 Å². The van der Waals surface area contributed by atoms with Crippen molar-refractivity contribution in [2.24, 2.45) is 5.41 Å². The predicted octanol–water partition coefficient (Wildman–Crippen LogP) is 3.15. The van der Waals surface area contributed by atoms with Crippen molar-refractivity contribution >= 4 is 23.2 Å². The highest BCUT2D eigenvalue weighted by atomic mass is 35.5. The molecular weight excluding hydrogens is 334 g/mol. The molecule has 1 heterocycles. The van der Waals surface area contributed by atoms with Gasteiger partial charge in [0, 0.05) is 17.3 Å². The van der Waals surface area contributed by atoms with Crippen LogP contribution in [-0.4, -0.2) is 19.0 Å². The van der Waals surface area contributed by atoms with Crippen molar-refractivity contribution in [1.29, 1.82) is 0 Å². The van der Waals surface area contributed by atoms with E-state index in [9.17, 15) is 4.79 Å². The molecule has 4 nitrogen and oxygen atoms in total. The second kappa shape index (κ2) is 7.89. The molecule has 1 saturated heterocycles. The summed E-state index contributed by atoms with van der Waals surface area (Å²) in [6.45, 7) is 2.17. The molecule has 0 unspecified atom stereocenters. The van der Waals surface area contributed by atoms with E-state index in [1.807, 2.05) is 48.5 Å². The lowest BCUT2D eigenvalue weighted by Crippen LogP contribution is -2.48. The highest BCUT2D eigenvalue weighted by Gasteiger charge is 2.39. The molecule has 2 aromatic carbocycles. The number of hydrogen-bond donors (Lipinski definition) is 3. The van der Waals surface area contributed by atoms with E-state index >= 15 is 0 Å². The summed E-state index contributed by atoms with van der Waals surface area (Å²) < 4.78 is 0. The van der Waals surface area contributed by atoms with Gasteiger partial charge in [-0.25, -0.2) is 0 Å². The van der Waals surface area contributed by atoms with Gasteiger partial charge in [-0.05, 0) is 61.7 Å². The number of rotatable bonds is 5. The minimum Gasteiger partial charge on any atom is -0.399 e. The fourth-order valence-corrected chi connectivity index (χ4v) is 3.62. The van der Waals surface area contributed by atoms with E-state index in [1.54, 1.807) is 0 Å². The molecule has 0 spiro atoms. The Hall–Kier alpha value is -2.04. The lowest BCUT2D eigenvalue weighted by molar-refractivity contribution is -0.132. The second-order valence-corrected chi connectivity index (χ2v) is 7.13. The molecular formula is C20H24ClN3O. The fourth-order valence-electron chi connectivity index (χ4n) is 3.42. The molecule has 0 bridgehead atoms. The van der Waals surface area contributed by atoms with Gasteiger partial charge in [0.2, 0.25) is 5.91 Å². The molecule has 1 amide bonds. The number of hydrogen-bond acceptors (Lipinski definition) is 3. The molecule has 0 aromatic heterocycles. The number of nitrogens with two attached hydrogens (primary N) is 1. The third kappa shape index (κ3) is 4.33. The van der Waals surface area contributed by atoms with Gasteiger partial charge in [-0.3, -0.25) is 4.79 Å². The van der Waals surface area contributed by atoms with Crippen molar-refractivity contribution in [1.82, 2.24) is 10.6 Å². The SMILES string of the molecule is Nc1ccc(CC2(C(=O)NCc3ccccc3Cl)CCNCC2)cc1. The van der Waals surface area contributed by atoms with Crippen molar-refractivity contribution in [3.8, 4) is 0 Å². The molecule has 132 valence electrons. The normalized spacial score (nSPS) is 16.4. The number of nitrogen functional groups attached to an aromatic ring is 1. The van der Waals surface area contributed by atoms with Crippen LogP contribution < -0.4 is 16.4 Å². The third-order valence-electron chi connectivity index (χ3n) is 4.96. The van der Waals surface area contributed by atoms with Crippen molar-refractivity contribution in [2.45, 2.75) is 25.8 Å². The molecule has 1 aliphatic rings. The van der Waals surface area contributed by atoms with Gasteiger partial charge in [0.25, 0.3) is 0 Å². The molecule has 2 aromatic rings. The van der Waals surface area contributed by atoms with E-state index in [1.165, 1.54) is 0 Å². The molecule has 0 radical (unpaired) electrons. The number of nitrogens with one attached hydrogen (secondary N) is 2. The first-order chi connectivity index (χ1) is 12.1. The average Bonchev–Trinajstić information content (AvgIpc) is 2.63. The summed E-state index contributed by atoms with van der Waals surface area (Å²) in [5.74, 6) is 0.103. The number of amides is 1. The monoisotopic (exact) mass is 357 g/mol. The predicted molar refractivity (Wildman–Crippen MR) is 102 cm³/mol. The number of halogens is 1. The summed E-state index contributed by atoms with van der Waals surface area (Å²) in [5.41, 5.74) is 8.21. The highest BCUT2D eigenvalue weighted by molar-refractivity contribution is 6.31. The Kier molecular flexibility index (Phi) is 5.61. The summed E-state index contributed by atoms with van der Waals surface area (Å²) in [6, 6.07) is 15.4. The van der Waals surface area contributed by atoms with E-state index in [0.717, 1.165) is 49.2 Å². The van der Waals surface area contributed by atoms with Gasteiger partial charge < -0.3 is 16.4 Å². The Morgan fingerprint density at radius 3 is 2.48 bits per heavy atom. The van der Waals surface area contributed by atoms with Crippen LogP contribution in [0.3, 0.4) is 0 Å².